The molecule has 2 unspecified atom stereocenters. The van der Waals surface area contributed by atoms with E-state index in [9.17, 15) is 4.79 Å². The zero-order chi connectivity index (χ0) is 14.5. The monoisotopic (exact) mass is 278 g/mol. The molecule has 2 N–H and O–H groups in total. The molecule has 0 aliphatic carbocycles. The Hall–Kier alpha value is -1.75. The van der Waals surface area contributed by atoms with Crippen molar-refractivity contribution in [3.05, 3.63) is 24.3 Å². The summed E-state index contributed by atoms with van der Waals surface area (Å²) in [5.74, 6) is 1.40. The van der Waals surface area contributed by atoms with Crippen molar-refractivity contribution in [2.45, 2.75) is 20.0 Å². The Bertz CT molecular complexity index is 464. The van der Waals surface area contributed by atoms with Gasteiger partial charge in [0, 0.05) is 19.0 Å². The molecular formula is C15H22N2O3. The van der Waals surface area contributed by atoms with E-state index in [4.69, 9.17) is 15.2 Å². The van der Waals surface area contributed by atoms with Crippen LogP contribution in [-0.2, 0) is 4.79 Å². The molecule has 0 spiro atoms. The van der Waals surface area contributed by atoms with Crippen LogP contribution in [0.4, 0.5) is 0 Å². The van der Waals surface area contributed by atoms with Crippen LogP contribution in [-0.4, -0.2) is 43.2 Å². The average Bonchev–Trinajstić information content (AvgIpc) is 2.50. The van der Waals surface area contributed by atoms with E-state index in [0.29, 0.717) is 26.2 Å². The lowest BCUT2D eigenvalue weighted by Gasteiger charge is -2.31. The Morgan fingerprint density at radius 1 is 1.45 bits per heavy atom. The van der Waals surface area contributed by atoms with Gasteiger partial charge < -0.3 is 20.1 Å². The Morgan fingerprint density at radius 2 is 2.15 bits per heavy atom. The fraction of sp³-hybridized carbons (Fsp3) is 0.533. The van der Waals surface area contributed by atoms with Crippen LogP contribution < -0.4 is 15.2 Å². The molecule has 0 bridgehead atoms. The predicted octanol–water partition coefficient (Wildman–Crippen LogP) is 1.27. The fourth-order valence-corrected chi connectivity index (χ4v) is 2.19. The summed E-state index contributed by atoms with van der Waals surface area (Å²) in [6.45, 7) is 5.79. The quantitative estimate of drug-likeness (QED) is 0.881. The third kappa shape index (κ3) is 3.22. The zero-order valence-electron chi connectivity index (χ0n) is 12.0. The number of carbonyl (C=O) groups is 1. The molecule has 1 aliphatic heterocycles. The summed E-state index contributed by atoms with van der Waals surface area (Å²) in [5, 5.41) is 0. The number of amides is 1. The number of ether oxygens (including phenoxy) is 2. The highest BCUT2D eigenvalue weighted by Crippen LogP contribution is 2.31. The first-order chi connectivity index (χ1) is 9.65. The number of hydrogen-bond acceptors (Lipinski definition) is 4. The summed E-state index contributed by atoms with van der Waals surface area (Å²) < 4.78 is 11.5. The highest BCUT2D eigenvalue weighted by atomic mass is 16.6. The van der Waals surface area contributed by atoms with Gasteiger partial charge in [-0.15, -0.1) is 0 Å². The van der Waals surface area contributed by atoms with Gasteiger partial charge in [-0.05, 0) is 19.1 Å². The normalized spacial score (nSPS) is 18.4. The van der Waals surface area contributed by atoms with Crippen molar-refractivity contribution in [2.24, 2.45) is 11.7 Å². The molecule has 2 atom stereocenters. The van der Waals surface area contributed by atoms with E-state index in [1.54, 1.807) is 4.90 Å². The molecule has 20 heavy (non-hydrogen) atoms. The molecule has 0 fully saturated rings. The van der Waals surface area contributed by atoms with E-state index in [1.807, 2.05) is 38.1 Å². The number of benzene rings is 1. The molecule has 1 aromatic rings. The van der Waals surface area contributed by atoms with Gasteiger partial charge in [0.25, 0.3) is 0 Å². The number of fused-ring (bicyclic) bond motifs is 1. The van der Waals surface area contributed by atoms with Crippen molar-refractivity contribution >= 4 is 5.91 Å². The Kier molecular flexibility index (Phi) is 4.84. The van der Waals surface area contributed by atoms with E-state index in [1.165, 1.54) is 0 Å². The van der Waals surface area contributed by atoms with Gasteiger partial charge in [0.2, 0.25) is 5.91 Å². The van der Waals surface area contributed by atoms with Crippen molar-refractivity contribution in [3.8, 4) is 11.5 Å². The smallest absolute Gasteiger partial charge is 0.226 e. The van der Waals surface area contributed by atoms with Crippen LogP contribution in [0.15, 0.2) is 24.3 Å². The van der Waals surface area contributed by atoms with Gasteiger partial charge in [-0.25, -0.2) is 0 Å². The highest BCUT2D eigenvalue weighted by molar-refractivity contribution is 5.78. The highest BCUT2D eigenvalue weighted by Gasteiger charge is 2.26. The lowest BCUT2D eigenvalue weighted by Crippen LogP contribution is -2.46. The van der Waals surface area contributed by atoms with Crippen molar-refractivity contribution in [3.63, 3.8) is 0 Å². The van der Waals surface area contributed by atoms with Crippen LogP contribution in [0, 0.1) is 5.92 Å². The van der Waals surface area contributed by atoms with Crippen molar-refractivity contribution in [1.29, 1.82) is 0 Å². The van der Waals surface area contributed by atoms with Gasteiger partial charge in [-0.1, -0.05) is 19.1 Å². The molecule has 2 rings (SSSR count). The topological polar surface area (TPSA) is 64.8 Å². The number of carbonyl (C=O) groups excluding carboxylic acids is 1. The van der Waals surface area contributed by atoms with Gasteiger partial charge >= 0.3 is 0 Å². The van der Waals surface area contributed by atoms with Gasteiger partial charge in [-0.3, -0.25) is 4.79 Å². The summed E-state index contributed by atoms with van der Waals surface area (Å²) in [7, 11) is 0. The van der Waals surface area contributed by atoms with Crippen LogP contribution in [0.1, 0.15) is 13.8 Å². The first-order valence-electron chi connectivity index (χ1n) is 7.03. The minimum atomic E-state index is -0.160. The standard InChI is InChI=1S/C15H22N2O3/c1-3-17(15(18)11(2)8-16)9-12-10-19-13-6-4-5-7-14(13)20-12/h4-7,11-12H,3,8-10,16H2,1-2H3. The summed E-state index contributed by atoms with van der Waals surface area (Å²) in [6, 6.07) is 7.57. The molecule has 1 aromatic carbocycles. The van der Waals surface area contributed by atoms with E-state index < -0.39 is 0 Å². The van der Waals surface area contributed by atoms with Crippen LogP contribution >= 0.6 is 0 Å². The molecule has 5 nitrogen and oxygen atoms in total. The van der Waals surface area contributed by atoms with Crippen LogP contribution in [0.5, 0.6) is 11.5 Å². The van der Waals surface area contributed by atoms with Gasteiger partial charge in [0.15, 0.2) is 17.6 Å². The number of likely N-dealkylation sites (N-methyl/N-ethyl adjacent to an activating group) is 1. The maximum atomic E-state index is 12.2. The van der Waals surface area contributed by atoms with Crippen LogP contribution in [0.3, 0.4) is 0 Å². The molecule has 0 aromatic heterocycles. The van der Waals surface area contributed by atoms with E-state index in [0.717, 1.165) is 11.5 Å². The maximum absolute atomic E-state index is 12.2. The second-order valence-corrected chi connectivity index (χ2v) is 5.01. The van der Waals surface area contributed by atoms with Crippen LogP contribution in [0.2, 0.25) is 0 Å². The second kappa shape index (κ2) is 6.61. The summed E-state index contributed by atoms with van der Waals surface area (Å²) in [6.07, 6.45) is -0.140. The average molecular weight is 278 g/mol. The molecule has 0 radical (unpaired) electrons. The van der Waals surface area contributed by atoms with Crippen molar-refractivity contribution in [1.82, 2.24) is 4.90 Å². The predicted molar refractivity (Wildman–Crippen MR) is 76.8 cm³/mol. The molecule has 1 heterocycles. The first kappa shape index (κ1) is 14.7. The third-order valence-electron chi connectivity index (χ3n) is 3.46. The second-order valence-electron chi connectivity index (χ2n) is 5.01. The summed E-state index contributed by atoms with van der Waals surface area (Å²) in [5.41, 5.74) is 5.56. The molecular weight excluding hydrogens is 256 g/mol. The zero-order valence-corrected chi connectivity index (χ0v) is 12.0. The maximum Gasteiger partial charge on any atom is 0.226 e. The molecule has 1 aliphatic rings. The van der Waals surface area contributed by atoms with Gasteiger partial charge in [-0.2, -0.15) is 0 Å². The Labute approximate surface area is 119 Å². The molecule has 1 amide bonds. The lowest BCUT2D eigenvalue weighted by atomic mass is 10.1. The minimum Gasteiger partial charge on any atom is -0.486 e. The SMILES string of the molecule is CCN(CC1COc2ccccc2O1)C(=O)C(C)CN. The minimum absolute atomic E-state index is 0.0671. The van der Waals surface area contributed by atoms with Crippen molar-refractivity contribution < 1.29 is 14.3 Å². The number of para-hydroxylation sites is 2. The van der Waals surface area contributed by atoms with Gasteiger partial charge in [0.1, 0.15) is 6.61 Å². The van der Waals surface area contributed by atoms with E-state index in [2.05, 4.69) is 0 Å². The summed E-state index contributed by atoms with van der Waals surface area (Å²) >= 11 is 0. The fourth-order valence-electron chi connectivity index (χ4n) is 2.19. The lowest BCUT2D eigenvalue weighted by molar-refractivity contribution is -0.136. The van der Waals surface area contributed by atoms with Crippen LogP contribution in [0.25, 0.3) is 0 Å². The Morgan fingerprint density at radius 3 is 2.80 bits per heavy atom. The molecule has 0 saturated carbocycles. The van der Waals surface area contributed by atoms with E-state index >= 15 is 0 Å². The van der Waals surface area contributed by atoms with E-state index in [-0.39, 0.29) is 17.9 Å². The first-order valence-corrected chi connectivity index (χ1v) is 7.03. The number of nitrogens with two attached hydrogens (primary N) is 1. The summed E-state index contributed by atoms with van der Waals surface area (Å²) in [4.78, 5) is 14.0. The van der Waals surface area contributed by atoms with Gasteiger partial charge in [0.05, 0.1) is 6.54 Å². The molecule has 5 heteroatoms. The number of hydrogen-bond donors (Lipinski definition) is 1. The third-order valence-corrected chi connectivity index (χ3v) is 3.46. The molecule has 0 saturated heterocycles. The molecule has 110 valence electrons. The number of rotatable bonds is 5. The Balaban J connectivity index is 1.98. The van der Waals surface area contributed by atoms with Crippen molar-refractivity contribution in [2.75, 3.05) is 26.2 Å². The largest absolute Gasteiger partial charge is 0.486 e. The number of nitrogens with zero attached hydrogens (tertiary/aromatic N) is 1.